The monoisotopic (exact) mass is 338 g/mol. The maximum atomic E-state index is 12.4. The number of anilines is 1. The Morgan fingerprint density at radius 2 is 2.00 bits per heavy atom. The number of nitrogens with zero attached hydrogens (tertiary/aromatic N) is 1. The molecule has 2 rings (SSSR count). The third-order valence-corrected chi connectivity index (χ3v) is 2.88. The number of aromatic nitrogens is 1. The van der Waals surface area contributed by atoms with Gasteiger partial charge in [-0.25, -0.2) is 4.98 Å². The highest BCUT2D eigenvalue weighted by atomic mass is 19.3. The van der Waals surface area contributed by atoms with Gasteiger partial charge >= 0.3 is 6.61 Å². The molecule has 0 radical (unpaired) electrons. The minimum atomic E-state index is -3.01. The summed E-state index contributed by atoms with van der Waals surface area (Å²) in [4.78, 5) is 16.2. The molecule has 128 valence electrons. The molecule has 0 aliphatic heterocycles. The number of para-hydroxylation sites is 1. The van der Waals surface area contributed by atoms with Crippen molar-refractivity contribution < 1.29 is 27.8 Å². The van der Waals surface area contributed by atoms with Gasteiger partial charge < -0.3 is 19.5 Å². The van der Waals surface area contributed by atoms with E-state index in [2.05, 4.69) is 15.0 Å². The van der Waals surface area contributed by atoms with Crippen LogP contribution in [0, 0.1) is 0 Å². The lowest BCUT2D eigenvalue weighted by atomic mass is 10.2. The van der Waals surface area contributed by atoms with Crippen molar-refractivity contribution in [3.05, 3.63) is 48.2 Å². The van der Waals surface area contributed by atoms with Gasteiger partial charge in [-0.2, -0.15) is 8.78 Å². The molecule has 6 nitrogen and oxygen atoms in total. The zero-order valence-corrected chi connectivity index (χ0v) is 12.9. The molecule has 1 amide bonds. The second kappa shape index (κ2) is 8.78. The van der Waals surface area contributed by atoms with Crippen molar-refractivity contribution in [2.45, 2.75) is 6.61 Å². The SMILES string of the molecule is COCCOc1ccc(NC(=O)c2ccccc2OC(F)F)cn1. The second-order valence-corrected chi connectivity index (χ2v) is 4.56. The van der Waals surface area contributed by atoms with Crippen LogP contribution < -0.4 is 14.8 Å². The maximum absolute atomic E-state index is 12.4. The number of nitrogens with one attached hydrogen (secondary N) is 1. The molecule has 0 aliphatic carbocycles. The molecule has 1 heterocycles. The molecule has 1 aromatic carbocycles. The summed E-state index contributed by atoms with van der Waals surface area (Å²) >= 11 is 0. The van der Waals surface area contributed by atoms with E-state index in [9.17, 15) is 13.6 Å². The number of benzene rings is 1. The fourth-order valence-electron chi connectivity index (χ4n) is 1.82. The lowest BCUT2D eigenvalue weighted by molar-refractivity contribution is -0.0501. The molecular weight excluding hydrogens is 322 g/mol. The number of hydrogen-bond acceptors (Lipinski definition) is 5. The average molecular weight is 338 g/mol. The summed E-state index contributed by atoms with van der Waals surface area (Å²) in [7, 11) is 1.56. The van der Waals surface area contributed by atoms with Gasteiger partial charge in [0.1, 0.15) is 12.4 Å². The number of ether oxygens (including phenoxy) is 3. The van der Waals surface area contributed by atoms with Crippen molar-refractivity contribution in [2.24, 2.45) is 0 Å². The third-order valence-electron chi connectivity index (χ3n) is 2.88. The van der Waals surface area contributed by atoms with Crippen molar-refractivity contribution in [1.82, 2.24) is 4.98 Å². The Bertz CT molecular complexity index is 665. The smallest absolute Gasteiger partial charge is 0.387 e. The summed E-state index contributed by atoms with van der Waals surface area (Å²) in [6.07, 6.45) is 1.40. The summed E-state index contributed by atoms with van der Waals surface area (Å²) in [6.45, 7) is -2.22. The highest BCUT2D eigenvalue weighted by molar-refractivity contribution is 6.06. The van der Waals surface area contributed by atoms with E-state index in [1.165, 1.54) is 24.4 Å². The first-order valence-corrected chi connectivity index (χ1v) is 7.03. The number of pyridine rings is 1. The van der Waals surface area contributed by atoms with Gasteiger partial charge in [-0.05, 0) is 18.2 Å². The average Bonchev–Trinajstić information content (AvgIpc) is 2.56. The van der Waals surface area contributed by atoms with E-state index in [4.69, 9.17) is 9.47 Å². The Morgan fingerprint density at radius 3 is 2.67 bits per heavy atom. The van der Waals surface area contributed by atoms with Crippen LogP contribution in [0.3, 0.4) is 0 Å². The Morgan fingerprint density at radius 1 is 1.21 bits per heavy atom. The van der Waals surface area contributed by atoms with Gasteiger partial charge in [-0.3, -0.25) is 4.79 Å². The van der Waals surface area contributed by atoms with Crippen LogP contribution in [0.4, 0.5) is 14.5 Å². The number of rotatable bonds is 8. The lowest BCUT2D eigenvalue weighted by Crippen LogP contribution is -2.15. The van der Waals surface area contributed by atoms with Crippen LogP contribution in [0.15, 0.2) is 42.6 Å². The topological polar surface area (TPSA) is 69.7 Å². The molecule has 8 heteroatoms. The zero-order chi connectivity index (χ0) is 17.4. The van der Waals surface area contributed by atoms with E-state index in [-0.39, 0.29) is 11.3 Å². The molecule has 0 bridgehead atoms. The van der Waals surface area contributed by atoms with Crippen LogP contribution in [0.2, 0.25) is 0 Å². The quantitative estimate of drug-likeness (QED) is 0.750. The first-order chi connectivity index (χ1) is 11.6. The Labute approximate surface area is 137 Å². The largest absolute Gasteiger partial charge is 0.475 e. The predicted octanol–water partition coefficient (Wildman–Crippen LogP) is 2.96. The standard InChI is InChI=1S/C16H16F2N2O4/c1-22-8-9-23-14-7-6-11(10-19-14)20-15(21)12-4-2-3-5-13(12)24-16(17)18/h2-7,10,16H,8-9H2,1H3,(H,20,21). The maximum Gasteiger partial charge on any atom is 0.387 e. The number of hydrogen-bond donors (Lipinski definition) is 1. The Kier molecular flexibility index (Phi) is 6.44. The van der Waals surface area contributed by atoms with Crippen molar-refractivity contribution in [3.63, 3.8) is 0 Å². The first-order valence-electron chi connectivity index (χ1n) is 7.03. The molecule has 0 atom stereocenters. The van der Waals surface area contributed by atoms with Gasteiger partial charge in [-0.1, -0.05) is 12.1 Å². The number of halogens is 2. The second-order valence-electron chi connectivity index (χ2n) is 4.56. The fourth-order valence-corrected chi connectivity index (χ4v) is 1.82. The number of alkyl halides is 2. The van der Waals surface area contributed by atoms with Gasteiger partial charge in [0.2, 0.25) is 5.88 Å². The molecule has 0 unspecified atom stereocenters. The van der Waals surface area contributed by atoms with Crippen LogP contribution in [-0.2, 0) is 4.74 Å². The zero-order valence-electron chi connectivity index (χ0n) is 12.9. The van der Waals surface area contributed by atoms with E-state index in [1.54, 1.807) is 25.3 Å². The summed E-state index contributed by atoms with van der Waals surface area (Å²) in [5, 5.41) is 2.56. The number of carbonyl (C=O) groups excluding carboxylic acids is 1. The summed E-state index contributed by atoms with van der Waals surface area (Å²) < 4.78 is 39.2. The molecule has 0 aliphatic rings. The summed E-state index contributed by atoms with van der Waals surface area (Å²) in [5.41, 5.74) is 0.393. The van der Waals surface area contributed by atoms with Crippen molar-refractivity contribution in [3.8, 4) is 11.6 Å². The third kappa shape index (κ3) is 5.17. The molecule has 24 heavy (non-hydrogen) atoms. The predicted molar refractivity (Wildman–Crippen MR) is 82.6 cm³/mol. The molecule has 1 N–H and O–H groups in total. The van der Waals surface area contributed by atoms with Gasteiger partial charge in [0.25, 0.3) is 5.91 Å². The van der Waals surface area contributed by atoms with E-state index < -0.39 is 12.5 Å². The van der Waals surface area contributed by atoms with Crippen LogP contribution in [0.25, 0.3) is 0 Å². The van der Waals surface area contributed by atoms with Crippen LogP contribution in [0.5, 0.6) is 11.6 Å². The highest BCUT2D eigenvalue weighted by Gasteiger charge is 2.15. The number of carbonyl (C=O) groups is 1. The van der Waals surface area contributed by atoms with Gasteiger partial charge in [0.15, 0.2) is 0 Å². The summed E-state index contributed by atoms with van der Waals surface area (Å²) in [5.74, 6) is -0.398. The molecular formula is C16H16F2N2O4. The molecule has 0 fully saturated rings. The minimum Gasteiger partial charge on any atom is -0.475 e. The molecule has 0 saturated heterocycles. The highest BCUT2D eigenvalue weighted by Crippen LogP contribution is 2.22. The van der Waals surface area contributed by atoms with E-state index >= 15 is 0 Å². The van der Waals surface area contributed by atoms with Crippen LogP contribution in [-0.4, -0.2) is 37.8 Å². The molecule has 1 aromatic heterocycles. The van der Waals surface area contributed by atoms with Gasteiger partial charge in [0, 0.05) is 13.2 Å². The fraction of sp³-hybridized carbons (Fsp3) is 0.250. The Balaban J connectivity index is 2.02. The van der Waals surface area contributed by atoms with E-state index in [0.717, 1.165) is 0 Å². The van der Waals surface area contributed by atoms with E-state index in [0.29, 0.717) is 24.8 Å². The van der Waals surface area contributed by atoms with Crippen LogP contribution in [0.1, 0.15) is 10.4 Å². The Hall–Kier alpha value is -2.74. The molecule has 2 aromatic rings. The van der Waals surface area contributed by atoms with Gasteiger partial charge in [0.05, 0.1) is 24.1 Å². The van der Waals surface area contributed by atoms with Gasteiger partial charge in [-0.15, -0.1) is 0 Å². The molecule has 0 spiro atoms. The number of methoxy groups -OCH3 is 1. The molecule has 0 saturated carbocycles. The normalized spacial score (nSPS) is 10.5. The number of amides is 1. The van der Waals surface area contributed by atoms with E-state index in [1.807, 2.05) is 0 Å². The van der Waals surface area contributed by atoms with Crippen LogP contribution >= 0.6 is 0 Å². The van der Waals surface area contributed by atoms with Crippen molar-refractivity contribution in [1.29, 1.82) is 0 Å². The van der Waals surface area contributed by atoms with Crippen molar-refractivity contribution in [2.75, 3.05) is 25.6 Å². The summed E-state index contributed by atoms with van der Waals surface area (Å²) in [6, 6.07) is 8.91. The lowest BCUT2D eigenvalue weighted by Gasteiger charge is -2.11. The first kappa shape index (κ1) is 17.6. The minimum absolute atomic E-state index is 0.00165. The van der Waals surface area contributed by atoms with Crippen molar-refractivity contribution >= 4 is 11.6 Å².